The number of halogens is 2. The average molecular weight is 950 g/mol. The van der Waals surface area contributed by atoms with Crippen LogP contribution in [0.1, 0.15) is 33.4 Å². The monoisotopic (exact) mass is 950 g/mol. The molecular weight excluding hydrogens is 898 g/mol. The Morgan fingerprint density at radius 3 is 1.33 bits per heavy atom. The third-order valence-electron chi connectivity index (χ3n) is 6.74. The minimum Gasteiger partial charge on any atom is -1.00 e. The molecule has 0 aromatic heterocycles. The van der Waals surface area contributed by atoms with Crippen LogP contribution < -0.4 is 48.0 Å². The summed E-state index contributed by atoms with van der Waals surface area (Å²) < 4.78 is 2.01. The Morgan fingerprint density at radius 2 is 0.958 bits per heavy atom. The van der Waals surface area contributed by atoms with Crippen molar-refractivity contribution in [2.45, 2.75) is 25.9 Å². The van der Waals surface area contributed by atoms with Gasteiger partial charge in [0, 0.05) is 0 Å². The van der Waals surface area contributed by atoms with Crippen molar-refractivity contribution < 1.29 is 91.1 Å². The average Bonchev–Trinajstić information content (AvgIpc) is 3.80. The Morgan fingerprint density at radius 1 is 0.500 bits per heavy atom. The van der Waals surface area contributed by atoms with Crippen LogP contribution in [-0.2, 0) is 60.1 Å². The third kappa shape index (κ3) is 22.8. The summed E-state index contributed by atoms with van der Waals surface area (Å²) in [5.74, 6) is 0. The first-order valence-electron chi connectivity index (χ1n) is 15.6. The zero-order chi connectivity index (χ0) is 31.7. The second kappa shape index (κ2) is 26.1. The van der Waals surface area contributed by atoms with E-state index in [1.54, 1.807) is 0 Å². The SMILES string of the molecule is C[N+](C)(C)Cc1ccc[cH-]1.C[N+](C)(C)Cc1ccc[cH-]1.[Fe+2].[Fe+2].[I-].[I-].c1ccc(C[c-]2cccc2)cc1.c1ccc(Cc2cc[cH-]c2)cc1. The van der Waals surface area contributed by atoms with E-state index in [1.165, 1.54) is 33.4 Å². The first kappa shape index (κ1) is 48.4. The van der Waals surface area contributed by atoms with Crippen molar-refractivity contribution in [3.8, 4) is 0 Å². The smallest absolute Gasteiger partial charge is 1.00 e. The molecule has 6 rings (SSSR count). The van der Waals surface area contributed by atoms with Crippen LogP contribution in [0.2, 0.25) is 0 Å². The fourth-order valence-corrected chi connectivity index (χ4v) is 4.86. The summed E-state index contributed by atoms with van der Waals surface area (Å²) in [4.78, 5) is 0. The van der Waals surface area contributed by atoms with E-state index in [9.17, 15) is 0 Å². The van der Waals surface area contributed by atoms with Crippen LogP contribution in [0.4, 0.5) is 0 Å². The van der Waals surface area contributed by atoms with Gasteiger partial charge >= 0.3 is 34.1 Å². The van der Waals surface area contributed by atoms with Crippen LogP contribution in [0.15, 0.2) is 158 Å². The molecule has 0 atom stereocenters. The van der Waals surface area contributed by atoms with Crippen LogP contribution in [-0.4, -0.2) is 51.3 Å². The second-order valence-corrected chi connectivity index (χ2v) is 13.4. The number of hydrogen-bond donors (Lipinski definition) is 0. The van der Waals surface area contributed by atoms with Gasteiger partial charge in [-0.25, -0.2) is 42.5 Å². The number of benzene rings is 2. The molecule has 0 aliphatic rings. The molecule has 0 saturated heterocycles. The van der Waals surface area contributed by atoms with E-state index in [0.29, 0.717) is 0 Å². The van der Waals surface area contributed by atoms with E-state index in [1.807, 2.05) is 0 Å². The molecule has 6 heteroatoms. The van der Waals surface area contributed by atoms with Gasteiger partial charge < -0.3 is 56.9 Å². The van der Waals surface area contributed by atoms with E-state index in [4.69, 9.17) is 0 Å². The number of rotatable bonds is 8. The summed E-state index contributed by atoms with van der Waals surface area (Å²) in [6.45, 7) is 2.24. The van der Waals surface area contributed by atoms with Gasteiger partial charge in [0.05, 0.1) is 55.4 Å². The van der Waals surface area contributed by atoms with E-state index >= 15 is 0 Å². The Kier molecular flexibility index (Phi) is 26.3. The van der Waals surface area contributed by atoms with Gasteiger partial charge in [-0.15, -0.1) is 11.1 Å². The standard InChI is InChI=1S/2C12H11.2C9H15N.2Fe.2HI/c2*1-2-6-11(7-3-1)10-12-8-4-5-9-12;2*1-10(2,3)8-9-6-4-5-7-9;;;;/h2*1-9H,10H2;2*4-7H,8H2,1-3H3;;;2*1H/q2*-1;;;2*+2;;/p-2. The number of nitrogens with zero attached hydrogens (tertiary/aromatic N) is 2. The van der Waals surface area contributed by atoms with Gasteiger partial charge in [-0.1, -0.05) is 78.2 Å². The van der Waals surface area contributed by atoms with Crippen LogP contribution in [0.5, 0.6) is 0 Å². The first-order chi connectivity index (χ1) is 21.1. The Balaban J connectivity index is 0. The number of quaternary nitrogens is 2. The molecule has 0 aliphatic heterocycles. The van der Waals surface area contributed by atoms with Gasteiger partial charge in [0.1, 0.15) is 0 Å². The zero-order valence-corrected chi connectivity index (χ0v) is 35.7. The van der Waals surface area contributed by atoms with Crippen molar-refractivity contribution >= 4 is 0 Å². The van der Waals surface area contributed by atoms with Crippen LogP contribution in [0.3, 0.4) is 0 Å². The second-order valence-electron chi connectivity index (χ2n) is 13.4. The molecule has 0 N–H and O–H groups in total. The van der Waals surface area contributed by atoms with Crippen LogP contribution >= 0.6 is 0 Å². The van der Waals surface area contributed by atoms with Gasteiger partial charge in [-0.2, -0.15) is 65.7 Å². The van der Waals surface area contributed by atoms with Gasteiger partial charge in [0.2, 0.25) is 0 Å². The molecule has 0 unspecified atom stereocenters. The molecule has 6 aromatic carbocycles. The maximum Gasteiger partial charge on any atom is 2.00 e. The zero-order valence-electron chi connectivity index (χ0n) is 29.2. The summed E-state index contributed by atoms with van der Waals surface area (Å²) >= 11 is 0. The molecule has 0 bridgehead atoms. The Bertz CT molecular complexity index is 1360. The Hall–Kier alpha value is -1.74. The summed E-state index contributed by atoms with van der Waals surface area (Å²) in [6.07, 6.45) is 2.10. The van der Waals surface area contributed by atoms with Crippen molar-refractivity contribution in [2.75, 3.05) is 42.3 Å². The summed E-state index contributed by atoms with van der Waals surface area (Å²) in [7, 11) is 13.2. The van der Waals surface area contributed by atoms with E-state index in [0.717, 1.165) is 34.9 Å². The van der Waals surface area contributed by atoms with Gasteiger partial charge in [0.15, 0.2) is 0 Å². The fraction of sp³-hybridized carbons (Fsp3) is 0.238. The van der Waals surface area contributed by atoms with Gasteiger partial charge in [0.25, 0.3) is 0 Å². The van der Waals surface area contributed by atoms with E-state index < -0.39 is 0 Å². The predicted molar refractivity (Wildman–Crippen MR) is 190 cm³/mol. The minimum atomic E-state index is 0. The van der Waals surface area contributed by atoms with Crippen LogP contribution in [0.25, 0.3) is 0 Å². The maximum atomic E-state index is 2.20. The summed E-state index contributed by atoms with van der Waals surface area (Å²) in [5.41, 5.74) is 8.38. The maximum absolute atomic E-state index is 2.20. The number of hydrogen-bond acceptors (Lipinski definition) is 0. The quantitative estimate of drug-likeness (QED) is 0.0954. The molecule has 0 spiro atoms. The van der Waals surface area contributed by atoms with Crippen molar-refractivity contribution in [2.24, 2.45) is 0 Å². The van der Waals surface area contributed by atoms with E-state index in [2.05, 4.69) is 200 Å². The summed E-state index contributed by atoms with van der Waals surface area (Å²) in [5, 5.41) is 0. The molecule has 0 aliphatic carbocycles. The van der Waals surface area contributed by atoms with Crippen molar-refractivity contribution in [3.63, 3.8) is 0 Å². The van der Waals surface area contributed by atoms with Gasteiger partial charge in [-0.05, 0) is 6.42 Å². The van der Waals surface area contributed by atoms with Crippen molar-refractivity contribution in [1.29, 1.82) is 0 Å². The molecule has 6 aromatic rings. The molecule has 0 fully saturated rings. The largest absolute Gasteiger partial charge is 2.00 e. The van der Waals surface area contributed by atoms with Crippen molar-refractivity contribution in [3.05, 3.63) is 191 Å². The molecule has 0 amide bonds. The normalized spacial score (nSPS) is 9.96. The van der Waals surface area contributed by atoms with E-state index in [-0.39, 0.29) is 82.1 Å². The molecule has 48 heavy (non-hydrogen) atoms. The molecule has 0 radical (unpaired) electrons. The molecule has 2 nitrogen and oxygen atoms in total. The molecular formula is C42H52Fe2I2N2. The first-order valence-corrected chi connectivity index (χ1v) is 15.6. The summed E-state index contributed by atoms with van der Waals surface area (Å²) in [6, 6.07) is 55.1. The topological polar surface area (TPSA) is 0 Å². The van der Waals surface area contributed by atoms with Crippen molar-refractivity contribution in [1.82, 2.24) is 0 Å². The minimum absolute atomic E-state index is 0. The van der Waals surface area contributed by atoms with Gasteiger partial charge in [-0.3, -0.25) is 0 Å². The third-order valence-corrected chi connectivity index (χ3v) is 6.74. The predicted octanol–water partition coefficient (Wildman–Crippen LogP) is 3.22. The molecule has 260 valence electrons. The molecule has 0 saturated carbocycles. The fourth-order valence-electron chi connectivity index (χ4n) is 4.86. The molecule has 0 heterocycles. The Labute approximate surface area is 347 Å². The van der Waals surface area contributed by atoms with Crippen LogP contribution in [0, 0.1) is 0 Å².